The number of methoxy groups -OCH3 is 2. The summed E-state index contributed by atoms with van der Waals surface area (Å²) in [6.45, 7) is 9.86. The second-order valence-electron chi connectivity index (χ2n) is 12.8. The normalized spacial score (nSPS) is 12.5. The van der Waals surface area contributed by atoms with Crippen molar-refractivity contribution in [2.75, 3.05) is 31.5 Å². The summed E-state index contributed by atoms with van der Waals surface area (Å²) >= 11 is 3.46. The molecule has 11 nitrogen and oxygen atoms in total. The molecule has 0 radical (unpaired) electrons. The number of rotatable bonds is 14. The van der Waals surface area contributed by atoms with Crippen LogP contribution in [0.2, 0.25) is 5.04 Å². The Morgan fingerprint density at radius 2 is 1.65 bits per heavy atom. The molecule has 0 bridgehead atoms. The molecule has 5 rings (SSSR count). The maximum atomic E-state index is 12.2. The van der Waals surface area contributed by atoms with Crippen LogP contribution in [-0.2, 0) is 15.7 Å². The number of carbonyl (C=O) groups excluding carboxylic acids is 1. The zero-order chi connectivity index (χ0) is 35.0. The molecule has 3 aromatic heterocycles. The predicted octanol–water partition coefficient (Wildman–Crippen LogP) is 6.77. The van der Waals surface area contributed by atoms with Crippen molar-refractivity contribution >= 4 is 63.5 Å². The number of nitrogens with one attached hydrogen (secondary N) is 2. The summed E-state index contributed by atoms with van der Waals surface area (Å²) in [6.07, 6.45) is 5.24. The van der Waals surface area contributed by atoms with E-state index in [-0.39, 0.29) is 17.0 Å². The first-order chi connectivity index (χ1) is 23.6. The van der Waals surface area contributed by atoms with Gasteiger partial charge in [0.15, 0.2) is 5.82 Å². The van der Waals surface area contributed by atoms with Crippen LogP contribution in [0.25, 0.3) is 11.0 Å². The molecule has 13 heteroatoms. The molecular formula is C36H44BrN7O4Si. The van der Waals surface area contributed by atoms with Gasteiger partial charge in [0.05, 0.1) is 27.0 Å². The standard InChI is InChI=1S/C36H44BrN7O4Si/c1-7-14-26(19-20-48-49(36(2,3)4,27-15-10-8-11-16-27)28-17-12-9-13-18-28)40-33-32-29(41-34(42-33)43-35(45)47-6)23-39-44(32)24-30-31(46-5)21-25(37)22-38-30/h8-13,15-18,21-23,26H,7,14,19-20,24H2,1-6H3,(H2,40,41,42,43,45)/t26-/m0/s1. The van der Waals surface area contributed by atoms with Crippen molar-refractivity contribution in [3.05, 3.63) is 89.3 Å². The van der Waals surface area contributed by atoms with Gasteiger partial charge in [-0.15, -0.1) is 0 Å². The topological polar surface area (TPSA) is 125 Å². The number of pyridine rings is 1. The van der Waals surface area contributed by atoms with Gasteiger partial charge in [-0.2, -0.15) is 10.1 Å². The van der Waals surface area contributed by atoms with Crippen molar-refractivity contribution in [1.29, 1.82) is 0 Å². The minimum Gasteiger partial charge on any atom is -0.495 e. The van der Waals surface area contributed by atoms with Gasteiger partial charge in [0.2, 0.25) is 5.95 Å². The molecule has 0 saturated carbocycles. The number of hydrogen-bond donors (Lipinski definition) is 2. The quantitative estimate of drug-likeness (QED) is 0.119. The molecule has 5 aromatic rings. The summed E-state index contributed by atoms with van der Waals surface area (Å²) in [4.78, 5) is 26.0. The molecule has 0 spiro atoms. The monoisotopic (exact) mass is 745 g/mol. The van der Waals surface area contributed by atoms with Gasteiger partial charge in [-0.05, 0) is 50.2 Å². The van der Waals surface area contributed by atoms with Gasteiger partial charge in [0.25, 0.3) is 8.32 Å². The van der Waals surface area contributed by atoms with E-state index < -0.39 is 14.4 Å². The zero-order valence-electron chi connectivity index (χ0n) is 28.9. The SMILES string of the molecule is CCC[C@@H](CCO[Si](c1ccccc1)(c1ccccc1)C(C)(C)C)Nc1nc(NC(=O)OC)nc2cnn(Cc3ncc(Br)cc3OC)c12. The van der Waals surface area contributed by atoms with Gasteiger partial charge in [0.1, 0.15) is 22.5 Å². The van der Waals surface area contributed by atoms with E-state index in [1.54, 1.807) is 24.2 Å². The lowest BCUT2D eigenvalue weighted by atomic mass is 10.1. The van der Waals surface area contributed by atoms with Crippen LogP contribution in [0.4, 0.5) is 16.6 Å². The third kappa shape index (κ3) is 8.11. The molecule has 0 aliphatic rings. The molecule has 1 amide bonds. The molecule has 0 aliphatic carbocycles. The molecule has 3 heterocycles. The number of benzene rings is 2. The summed E-state index contributed by atoms with van der Waals surface area (Å²) in [6, 6.07) is 23.2. The van der Waals surface area contributed by atoms with Crippen molar-refractivity contribution in [3.8, 4) is 5.75 Å². The lowest BCUT2D eigenvalue weighted by molar-refractivity contribution is 0.186. The molecule has 1 atom stereocenters. The number of hydrogen-bond acceptors (Lipinski definition) is 9. The lowest BCUT2D eigenvalue weighted by Gasteiger charge is -2.43. The van der Waals surface area contributed by atoms with E-state index >= 15 is 0 Å². The Morgan fingerprint density at radius 3 is 2.24 bits per heavy atom. The molecule has 2 N–H and O–H groups in total. The van der Waals surface area contributed by atoms with Gasteiger partial charge in [-0.3, -0.25) is 15.0 Å². The van der Waals surface area contributed by atoms with Crippen molar-refractivity contribution in [1.82, 2.24) is 24.7 Å². The van der Waals surface area contributed by atoms with E-state index in [0.29, 0.717) is 41.4 Å². The van der Waals surface area contributed by atoms with E-state index in [9.17, 15) is 4.79 Å². The predicted molar refractivity (Wildman–Crippen MR) is 199 cm³/mol. The fraction of sp³-hybridized carbons (Fsp3) is 0.361. The zero-order valence-corrected chi connectivity index (χ0v) is 31.5. The van der Waals surface area contributed by atoms with Crippen LogP contribution in [0.15, 0.2) is 83.6 Å². The molecule has 0 unspecified atom stereocenters. The third-order valence-corrected chi connectivity index (χ3v) is 14.0. The van der Waals surface area contributed by atoms with E-state index in [0.717, 1.165) is 23.7 Å². The summed E-state index contributed by atoms with van der Waals surface area (Å²) < 4.78 is 20.2. The molecule has 2 aromatic carbocycles. The van der Waals surface area contributed by atoms with E-state index in [1.165, 1.54) is 17.5 Å². The van der Waals surface area contributed by atoms with Gasteiger partial charge in [-0.25, -0.2) is 9.78 Å². The van der Waals surface area contributed by atoms with Crippen molar-refractivity contribution in [2.45, 2.75) is 64.6 Å². The number of halogens is 1. The number of ether oxygens (including phenoxy) is 2. The first-order valence-corrected chi connectivity index (χ1v) is 19.1. The van der Waals surface area contributed by atoms with Crippen LogP contribution in [0, 0.1) is 0 Å². The maximum absolute atomic E-state index is 12.2. The van der Waals surface area contributed by atoms with Crippen LogP contribution in [0.5, 0.6) is 5.75 Å². The average molecular weight is 747 g/mol. The lowest BCUT2D eigenvalue weighted by Crippen LogP contribution is -2.66. The van der Waals surface area contributed by atoms with E-state index in [2.05, 4.69) is 130 Å². The Labute approximate surface area is 297 Å². The number of nitrogens with zero attached hydrogens (tertiary/aromatic N) is 5. The largest absolute Gasteiger partial charge is 0.495 e. The highest BCUT2D eigenvalue weighted by molar-refractivity contribution is 9.10. The Bertz CT molecular complexity index is 1810. The van der Waals surface area contributed by atoms with E-state index in [1.807, 2.05) is 6.07 Å². The first-order valence-electron chi connectivity index (χ1n) is 16.4. The van der Waals surface area contributed by atoms with Crippen LogP contribution in [-0.4, -0.2) is 66.0 Å². The highest BCUT2D eigenvalue weighted by Crippen LogP contribution is 2.37. The number of carbonyl (C=O) groups is 1. The highest BCUT2D eigenvalue weighted by Gasteiger charge is 2.50. The Kier molecular flexibility index (Phi) is 11.7. The Morgan fingerprint density at radius 1 is 0.980 bits per heavy atom. The molecule has 49 heavy (non-hydrogen) atoms. The van der Waals surface area contributed by atoms with Crippen molar-refractivity contribution in [3.63, 3.8) is 0 Å². The van der Waals surface area contributed by atoms with Gasteiger partial charge < -0.3 is 19.2 Å². The van der Waals surface area contributed by atoms with Gasteiger partial charge in [0, 0.05) is 23.3 Å². The molecule has 258 valence electrons. The van der Waals surface area contributed by atoms with Crippen LogP contribution >= 0.6 is 15.9 Å². The van der Waals surface area contributed by atoms with E-state index in [4.69, 9.17) is 18.9 Å². The van der Waals surface area contributed by atoms with Crippen LogP contribution in [0.1, 0.15) is 52.7 Å². The summed E-state index contributed by atoms with van der Waals surface area (Å²) in [7, 11) is 0.197. The molecule has 0 aliphatic heterocycles. The maximum Gasteiger partial charge on any atom is 0.413 e. The minimum absolute atomic E-state index is 0.00372. The second kappa shape index (κ2) is 15.9. The third-order valence-electron chi connectivity index (χ3n) is 8.48. The van der Waals surface area contributed by atoms with Crippen LogP contribution in [0.3, 0.4) is 0 Å². The summed E-state index contributed by atoms with van der Waals surface area (Å²) in [5.41, 5.74) is 1.93. The molecule has 0 fully saturated rings. The Hall–Kier alpha value is -4.33. The van der Waals surface area contributed by atoms with Gasteiger partial charge >= 0.3 is 6.09 Å². The van der Waals surface area contributed by atoms with Crippen LogP contribution < -0.4 is 25.7 Å². The minimum atomic E-state index is -2.71. The average Bonchev–Trinajstić information content (AvgIpc) is 3.50. The van der Waals surface area contributed by atoms with Crippen molar-refractivity contribution < 1.29 is 18.7 Å². The van der Waals surface area contributed by atoms with Gasteiger partial charge in [-0.1, -0.05) is 94.8 Å². The fourth-order valence-corrected chi connectivity index (χ4v) is 11.1. The molecular weight excluding hydrogens is 702 g/mol. The summed E-state index contributed by atoms with van der Waals surface area (Å²) in [5.74, 6) is 1.27. The molecule has 0 saturated heterocycles. The smallest absolute Gasteiger partial charge is 0.413 e. The highest BCUT2D eigenvalue weighted by atomic mass is 79.9. The number of aromatic nitrogens is 5. The summed E-state index contributed by atoms with van der Waals surface area (Å²) in [5, 5.41) is 13.3. The number of anilines is 2. The first kappa shape index (κ1) is 36.0. The second-order valence-corrected chi connectivity index (χ2v) is 18.0. The fourth-order valence-electron chi connectivity index (χ4n) is 6.25. The number of fused-ring (bicyclic) bond motifs is 1. The number of amides is 1. The van der Waals surface area contributed by atoms with Crippen molar-refractivity contribution in [2.24, 2.45) is 0 Å². The Balaban J connectivity index is 1.49.